The summed E-state index contributed by atoms with van der Waals surface area (Å²) in [6.45, 7) is 19.6. The third kappa shape index (κ3) is 10.6. The van der Waals surface area contributed by atoms with E-state index < -0.39 is 72.9 Å². The molecule has 10 aromatic carbocycles. The molecule has 0 atom stereocenters. The zero-order chi connectivity index (χ0) is 74.0. The molecule has 0 spiro atoms. The number of aryl methyl sites for hydroxylation is 2. The third-order valence-corrected chi connectivity index (χ3v) is 17.3. The van der Waals surface area contributed by atoms with Crippen LogP contribution in [0.15, 0.2) is 206 Å². The molecule has 0 saturated heterocycles. The quantitative estimate of drug-likeness (QED) is 0.118. The van der Waals surface area contributed by atoms with Gasteiger partial charge in [-0.1, -0.05) is 222 Å². The van der Waals surface area contributed by atoms with E-state index in [1.54, 1.807) is 27.3 Å². The van der Waals surface area contributed by atoms with Gasteiger partial charge in [-0.15, -0.1) is 29.7 Å². The zero-order valence-corrected chi connectivity index (χ0v) is 54.8. The van der Waals surface area contributed by atoms with Crippen molar-refractivity contribution >= 4 is 32.8 Å². The zero-order valence-electron chi connectivity index (χ0n) is 66.5. The molecule has 14 rings (SSSR count). The van der Waals surface area contributed by atoms with Crippen LogP contribution >= 0.6 is 0 Å². The molecule has 0 fully saturated rings. The van der Waals surface area contributed by atoms with Crippen LogP contribution in [-0.4, -0.2) is 14.1 Å². The second kappa shape index (κ2) is 22.2. The van der Waals surface area contributed by atoms with Gasteiger partial charge in [-0.25, -0.2) is 4.98 Å². The summed E-state index contributed by atoms with van der Waals surface area (Å²) in [4.78, 5) is 4.89. The summed E-state index contributed by atoms with van der Waals surface area (Å²) in [7, 11) is 0. The summed E-state index contributed by atoms with van der Waals surface area (Å²) in [6.07, 6.45) is 5.58. The van der Waals surface area contributed by atoms with Crippen molar-refractivity contribution in [1.29, 1.82) is 0 Å². The van der Waals surface area contributed by atoms with Crippen molar-refractivity contribution in [2.24, 2.45) is 0 Å². The molecule has 0 N–H and O–H groups in total. The number of aromatic nitrogens is 4. The average molecular weight is 1370 g/mol. The van der Waals surface area contributed by atoms with Crippen LogP contribution in [0.1, 0.15) is 136 Å². The minimum atomic E-state index is -2.90. The first kappa shape index (κ1) is 45.4. The van der Waals surface area contributed by atoms with E-state index in [9.17, 15) is 11.0 Å². The Morgan fingerprint density at radius 2 is 1.06 bits per heavy atom. The number of imidazole rings is 1. The van der Waals surface area contributed by atoms with Gasteiger partial charge in [0, 0.05) is 52.5 Å². The van der Waals surface area contributed by atoms with Crippen molar-refractivity contribution in [3.8, 4) is 95.5 Å². The molecular formula is C84H76N4OPt-2. The van der Waals surface area contributed by atoms with Gasteiger partial charge >= 0.3 is 0 Å². The molecule has 13 aromatic rings. The molecule has 0 aliphatic carbocycles. The van der Waals surface area contributed by atoms with Crippen molar-refractivity contribution < 1.29 is 49.6 Å². The van der Waals surface area contributed by atoms with Gasteiger partial charge in [-0.3, -0.25) is 4.57 Å². The Morgan fingerprint density at radius 1 is 0.467 bits per heavy atom. The molecule has 4 heterocycles. The van der Waals surface area contributed by atoms with Crippen LogP contribution in [0.5, 0.6) is 11.5 Å². The fourth-order valence-corrected chi connectivity index (χ4v) is 12.4. The van der Waals surface area contributed by atoms with Crippen molar-refractivity contribution in [3.05, 3.63) is 258 Å². The van der Waals surface area contributed by atoms with Crippen molar-refractivity contribution in [2.45, 2.75) is 118 Å². The van der Waals surface area contributed by atoms with Gasteiger partial charge in [0.2, 0.25) is 0 Å². The van der Waals surface area contributed by atoms with Crippen LogP contribution in [0.4, 0.5) is 0 Å². The fraction of sp³-hybridized carbons (Fsp3) is 0.214. The van der Waals surface area contributed by atoms with Crippen LogP contribution in [-0.2, 0) is 42.7 Å². The minimum absolute atomic E-state index is 0. The summed E-state index contributed by atoms with van der Waals surface area (Å²) in [5, 5.41) is 1.94. The summed E-state index contributed by atoms with van der Waals surface area (Å²) in [6, 6.07) is 49.4. The number of para-hydroxylation sites is 1. The third-order valence-electron chi connectivity index (χ3n) is 17.3. The van der Waals surface area contributed by atoms with E-state index in [0.29, 0.717) is 45.0 Å². The van der Waals surface area contributed by atoms with E-state index in [0.717, 1.165) is 49.6 Å². The Kier molecular flexibility index (Phi) is 11.2. The van der Waals surface area contributed by atoms with Gasteiger partial charge in [0.05, 0.1) is 27.7 Å². The van der Waals surface area contributed by atoms with Crippen LogP contribution in [0.3, 0.4) is 0 Å². The maximum Gasteiger partial charge on any atom is 0.268 e. The normalized spacial score (nSPS) is 15.0. The number of nitrogens with zero attached hydrogens (tertiary/aromatic N) is 4. The number of pyridine rings is 1. The molecule has 450 valence electrons. The second-order valence-corrected chi connectivity index (χ2v) is 27.5. The molecule has 0 radical (unpaired) electrons. The van der Waals surface area contributed by atoms with Gasteiger partial charge in [0.1, 0.15) is 5.82 Å². The molecule has 0 bridgehead atoms. The molecule has 1 aliphatic rings. The van der Waals surface area contributed by atoms with Gasteiger partial charge < -0.3 is 13.9 Å². The van der Waals surface area contributed by atoms with Crippen molar-refractivity contribution in [2.75, 3.05) is 0 Å². The summed E-state index contributed by atoms with van der Waals surface area (Å²) in [5.74, 6) is 1.37. The minimum Gasteiger partial charge on any atom is -0.510 e. The molecule has 0 saturated carbocycles. The first-order chi connectivity index (χ1) is 48.2. The maximum absolute atomic E-state index is 10.3. The van der Waals surface area contributed by atoms with E-state index in [4.69, 9.17) is 17.9 Å². The van der Waals surface area contributed by atoms with E-state index in [-0.39, 0.29) is 99.0 Å². The summed E-state index contributed by atoms with van der Waals surface area (Å²) >= 11 is 0. The monoisotopic (exact) mass is 1370 g/mol. The van der Waals surface area contributed by atoms with E-state index >= 15 is 0 Å². The fourth-order valence-electron chi connectivity index (χ4n) is 12.4. The number of hydrogen-bond donors (Lipinski definition) is 0. The number of rotatable bonds is 7. The van der Waals surface area contributed by atoms with Crippen LogP contribution in [0.2, 0.25) is 0 Å². The molecule has 5 nitrogen and oxygen atoms in total. The predicted molar refractivity (Wildman–Crippen MR) is 370 cm³/mol. The van der Waals surface area contributed by atoms with Crippen LogP contribution in [0, 0.1) is 32.2 Å². The first-order valence-corrected chi connectivity index (χ1v) is 30.2. The number of benzene rings is 10. The Hall–Kier alpha value is -8.89. The SMILES string of the molecule is [2H]c1c([2H])c([2H])c2c(c1[2H])-c1cc(-c3c(C([2H])([2H])[2H])cccc3C([2H])([2H])[2H])cc(-c3cc(C(C)(C)C)cc(C(C)(C)C)c3)c1-[n+]1[c-]n(-c3[c-]c(Oc4[c-]c5c(cc4)c4ccccc4n5-c4cc(C(C)(C)C)ccn4)ccc3)c3cc(-c4ccc(C(C)(C)C)cc4)cc(c31)-c1c([2H])c([2H])c([2H])c([2H])c1-2.[Pt]. The Balaban J connectivity index is 0.00000961. The van der Waals surface area contributed by atoms with Gasteiger partial charge in [-0.05, 0) is 183 Å². The number of ether oxygens (including phenoxy) is 1. The first-order valence-electron chi connectivity index (χ1n) is 37.2. The predicted octanol–water partition coefficient (Wildman–Crippen LogP) is 21.7. The molecule has 6 heteroatoms. The largest absolute Gasteiger partial charge is 0.510 e. The molecular weight excluding hydrogens is 1280 g/mol. The van der Waals surface area contributed by atoms with Crippen LogP contribution in [0.25, 0.3) is 117 Å². The maximum atomic E-state index is 10.3. The molecule has 0 amide bonds. The van der Waals surface area contributed by atoms with E-state index in [1.165, 1.54) is 18.2 Å². The average Bonchev–Trinajstić information content (AvgIpc) is 1.47. The molecule has 1 aliphatic heterocycles. The Labute approximate surface area is 565 Å². The van der Waals surface area contributed by atoms with Crippen LogP contribution < -0.4 is 9.30 Å². The standard InChI is InChI=1S/C84H76N4O.Pt/c1-52-23-21-24-53(2)78(52)57-44-71(56-41-60(83(9,10)11)47-61(42-56)84(12,13)14)79-72(45-57)67-29-17-15-27-65(67)66-28-16-18-30-68(66)73-43-55(54-33-35-58(36-34-54)81(3,4)5)46-76-80(73)87(79)51-86(76)62-25-22-26-63(49-62)89-64-37-38-70-69-31-19-20-32-74(69)88(75(70)50-64)77-48-59(39-40-85-77)82(6,7)8;/h15-48H,1-14H3;/q-2;/i1D3,2D3,15D,16D,17D,18D,27D,28D,29D,30D;. The summed E-state index contributed by atoms with van der Waals surface area (Å²) in [5.41, 5.74) is 6.63. The van der Waals surface area contributed by atoms with Crippen molar-refractivity contribution in [1.82, 2.24) is 14.1 Å². The number of fused-ring (bicyclic) bond motifs is 10. The topological polar surface area (TPSA) is 35.9 Å². The van der Waals surface area contributed by atoms with Crippen molar-refractivity contribution in [3.63, 3.8) is 0 Å². The van der Waals surface area contributed by atoms with Gasteiger partial charge in [-0.2, -0.15) is 18.2 Å². The van der Waals surface area contributed by atoms with E-state index in [1.807, 2.05) is 97.2 Å². The molecule has 3 aromatic heterocycles. The van der Waals surface area contributed by atoms with Gasteiger partial charge in [0.15, 0.2) is 0 Å². The smallest absolute Gasteiger partial charge is 0.268 e. The second-order valence-electron chi connectivity index (χ2n) is 27.5. The van der Waals surface area contributed by atoms with E-state index in [2.05, 4.69) is 130 Å². The summed E-state index contributed by atoms with van der Waals surface area (Å²) < 4.78 is 146. The van der Waals surface area contributed by atoms with Gasteiger partial charge in [0.25, 0.3) is 6.33 Å². The Bertz CT molecular complexity index is 5660. The Morgan fingerprint density at radius 3 is 1.70 bits per heavy atom. The number of hydrogen-bond acceptors (Lipinski definition) is 2. The molecule has 0 unspecified atom stereocenters. The molecule has 90 heavy (non-hydrogen) atoms.